The number of rotatable bonds is 5. The molecular weight excluding hydrogens is 216 g/mol. The van der Waals surface area contributed by atoms with Crippen LogP contribution in [0.5, 0.6) is 0 Å². The van der Waals surface area contributed by atoms with Crippen molar-refractivity contribution in [1.82, 2.24) is 0 Å². The predicted octanol–water partition coefficient (Wildman–Crippen LogP) is 6.15. The third-order valence-corrected chi connectivity index (χ3v) is 2.57. The van der Waals surface area contributed by atoms with Crippen molar-refractivity contribution in [1.29, 1.82) is 0 Å². The van der Waals surface area contributed by atoms with Crippen molar-refractivity contribution in [2.45, 2.75) is 51.9 Å². The summed E-state index contributed by atoms with van der Waals surface area (Å²) < 4.78 is 0. The lowest BCUT2D eigenvalue weighted by atomic mass is 10.2. The number of allylic oxidation sites excluding steroid dienone is 9. The summed E-state index contributed by atoms with van der Waals surface area (Å²) in [6.07, 6.45) is 27.6. The van der Waals surface area contributed by atoms with Gasteiger partial charge in [0.05, 0.1) is 0 Å². The van der Waals surface area contributed by atoms with Gasteiger partial charge < -0.3 is 0 Å². The van der Waals surface area contributed by atoms with E-state index in [2.05, 4.69) is 62.1 Å². The van der Waals surface area contributed by atoms with E-state index in [9.17, 15) is 0 Å². The van der Waals surface area contributed by atoms with Crippen LogP contribution in [0.4, 0.5) is 0 Å². The summed E-state index contributed by atoms with van der Waals surface area (Å²) in [5.41, 5.74) is 0. The minimum absolute atomic E-state index is 1.14. The molecular formula is C18H28. The van der Waals surface area contributed by atoms with Gasteiger partial charge in [-0.15, -0.1) is 6.58 Å². The Balaban J connectivity index is 0.000000250. The standard InChI is InChI=1S/C8H16.2C5H6/c1-3-5-7-8-6-4-2;2*1-2-4-5-3-1/h3H,1,4-8H2,2H3;2*1-4H,5H2. The first-order valence-electron chi connectivity index (χ1n) is 7.16. The first-order chi connectivity index (χ1) is 8.91. The van der Waals surface area contributed by atoms with Gasteiger partial charge in [0.25, 0.3) is 0 Å². The van der Waals surface area contributed by atoms with Gasteiger partial charge in [-0.3, -0.25) is 0 Å². The van der Waals surface area contributed by atoms with Crippen LogP contribution in [0, 0.1) is 0 Å². The van der Waals surface area contributed by atoms with Gasteiger partial charge in [-0.1, -0.05) is 80.9 Å². The molecule has 0 aromatic rings. The minimum atomic E-state index is 1.14. The van der Waals surface area contributed by atoms with Crippen LogP contribution in [0.2, 0.25) is 0 Å². The normalized spacial score (nSPS) is 13.8. The molecule has 0 bridgehead atoms. The molecule has 0 spiro atoms. The van der Waals surface area contributed by atoms with E-state index in [-0.39, 0.29) is 0 Å². The van der Waals surface area contributed by atoms with Crippen molar-refractivity contribution in [3.8, 4) is 0 Å². The van der Waals surface area contributed by atoms with Crippen molar-refractivity contribution in [3.63, 3.8) is 0 Å². The molecule has 0 fully saturated rings. The number of unbranched alkanes of at least 4 members (excludes halogenated alkanes) is 4. The van der Waals surface area contributed by atoms with Crippen molar-refractivity contribution in [3.05, 3.63) is 61.3 Å². The third kappa shape index (κ3) is 14.7. The Morgan fingerprint density at radius 2 is 1.33 bits per heavy atom. The second-order valence-corrected chi connectivity index (χ2v) is 4.32. The van der Waals surface area contributed by atoms with Crippen LogP contribution in [0.1, 0.15) is 51.9 Å². The molecule has 2 aliphatic carbocycles. The molecule has 0 aliphatic heterocycles. The molecule has 0 saturated carbocycles. The van der Waals surface area contributed by atoms with E-state index in [1.807, 2.05) is 6.08 Å². The van der Waals surface area contributed by atoms with Crippen LogP contribution in [-0.2, 0) is 0 Å². The molecule has 0 aromatic carbocycles. The SMILES string of the molecule is C1=CCC=C1.C1=CCC=C1.C=CCCCCCC. The predicted molar refractivity (Wildman–Crippen MR) is 84.8 cm³/mol. The summed E-state index contributed by atoms with van der Waals surface area (Å²) in [7, 11) is 0. The highest BCUT2D eigenvalue weighted by atomic mass is 13.9. The van der Waals surface area contributed by atoms with Crippen LogP contribution in [0.15, 0.2) is 61.3 Å². The highest BCUT2D eigenvalue weighted by Crippen LogP contribution is 2.01. The molecule has 100 valence electrons. The molecule has 0 atom stereocenters. The molecule has 0 amide bonds. The summed E-state index contributed by atoms with van der Waals surface area (Å²) in [5, 5.41) is 0. The van der Waals surface area contributed by atoms with Gasteiger partial charge in [0.2, 0.25) is 0 Å². The van der Waals surface area contributed by atoms with Crippen molar-refractivity contribution in [2.75, 3.05) is 0 Å². The Morgan fingerprint density at radius 1 is 0.833 bits per heavy atom. The van der Waals surface area contributed by atoms with Crippen molar-refractivity contribution < 1.29 is 0 Å². The van der Waals surface area contributed by atoms with Crippen LogP contribution < -0.4 is 0 Å². The quantitative estimate of drug-likeness (QED) is 0.402. The molecule has 0 aromatic heterocycles. The van der Waals surface area contributed by atoms with Gasteiger partial charge in [-0.2, -0.15) is 0 Å². The summed E-state index contributed by atoms with van der Waals surface area (Å²) >= 11 is 0. The third-order valence-electron chi connectivity index (χ3n) is 2.57. The fourth-order valence-electron chi connectivity index (χ4n) is 1.50. The summed E-state index contributed by atoms with van der Waals surface area (Å²) in [6, 6.07) is 0. The highest BCUT2D eigenvalue weighted by molar-refractivity contribution is 5.12. The van der Waals surface area contributed by atoms with E-state index in [4.69, 9.17) is 0 Å². The van der Waals surface area contributed by atoms with Gasteiger partial charge >= 0.3 is 0 Å². The van der Waals surface area contributed by atoms with E-state index < -0.39 is 0 Å². The molecule has 0 radical (unpaired) electrons. The fourth-order valence-corrected chi connectivity index (χ4v) is 1.50. The molecule has 2 rings (SSSR count). The maximum Gasteiger partial charge on any atom is -0.0163 e. The Hall–Kier alpha value is -1.30. The summed E-state index contributed by atoms with van der Waals surface area (Å²) in [5.74, 6) is 0. The van der Waals surface area contributed by atoms with E-state index in [1.54, 1.807) is 0 Å². The molecule has 2 aliphatic rings. The Kier molecular flexibility index (Phi) is 14.6. The molecule has 0 heterocycles. The lowest BCUT2D eigenvalue weighted by Crippen LogP contribution is -1.71. The van der Waals surface area contributed by atoms with Gasteiger partial charge in [0.1, 0.15) is 0 Å². The first kappa shape index (κ1) is 16.7. The van der Waals surface area contributed by atoms with E-state index in [1.165, 1.54) is 32.1 Å². The van der Waals surface area contributed by atoms with Crippen molar-refractivity contribution >= 4 is 0 Å². The topological polar surface area (TPSA) is 0 Å². The van der Waals surface area contributed by atoms with Gasteiger partial charge in [0, 0.05) is 0 Å². The van der Waals surface area contributed by atoms with Gasteiger partial charge in [-0.25, -0.2) is 0 Å². The van der Waals surface area contributed by atoms with Gasteiger partial charge in [0.15, 0.2) is 0 Å². The largest absolute Gasteiger partial charge is 0.103 e. The van der Waals surface area contributed by atoms with Crippen LogP contribution >= 0.6 is 0 Å². The summed E-state index contributed by atoms with van der Waals surface area (Å²) in [6.45, 7) is 5.89. The lowest BCUT2D eigenvalue weighted by Gasteiger charge is -1.91. The monoisotopic (exact) mass is 244 g/mol. The maximum absolute atomic E-state index is 3.66. The second kappa shape index (κ2) is 15.7. The second-order valence-electron chi connectivity index (χ2n) is 4.32. The average molecular weight is 244 g/mol. The lowest BCUT2D eigenvalue weighted by molar-refractivity contribution is 0.675. The summed E-state index contributed by atoms with van der Waals surface area (Å²) in [4.78, 5) is 0. The number of hydrogen-bond donors (Lipinski definition) is 0. The first-order valence-corrected chi connectivity index (χ1v) is 7.16. The maximum atomic E-state index is 3.66. The van der Waals surface area contributed by atoms with E-state index in [0.29, 0.717) is 0 Å². The molecule has 0 N–H and O–H groups in total. The zero-order valence-electron chi connectivity index (χ0n) is 11.9. The zero-order chi connectivity index (χ0) is 13.3. The van der Waals surface area contributed by atoms with E-state index >= 15 is 0 Å². The number of hydrogen-bond acceptors (Lipinski definition) is 0. The minimum Gasteiger partial charge on any atom is -0.103 e. The van der Waals surface area contributed by atoms with Crippen LogP contribution in [-0.4, -0.2) is 0 Å². The van der Waals surface area contributed by atoms with Crippen LogP contribution in [0.3, 0.4) is 0 Å². The highest BCUT2D eigenvalue weighted by Gasteiger charge is 1.81. The van der Waals surface area contributed by atoms with Gasteiger partial charge in [-0.05, 0) is 25.7 Å². The zero-order valence-corrected chi connectivity index (χ0v) is 11.9. The molecule has 0 saturated heterocycles. The molecule has 0 nitrogen and oxygen atoms in total. The molecule has 0 heteroatoms. The Labute approximate surface area is 113 Å². The smallest absolute Gasteiger partial charge is 0.0163 e. The Morgan fingerprint density at radius 3 is 1.61 bits per heavy atom. The molecule has 0 unspecified atom stereocenters. The molecule has 18 heavy (non-hydrogen) atoms. The van der Waals surface area contributed by atoms with E-state index in [0.717, 1.165) is 12.8 Å². The fraction of sp³-hybridized carbons (Fsp3) is 0.444. The van der Waals surface area contributed by atoms with Crippen molar-refractivity contribution in [2.24, 2.45) is 0 Å². The average Bonchev–Trinajstić information content (AvgIpc) is 3.12. The Bertz CT molecular complexity index is 234. The van der Waals surface area contributed by atoms with Crippen LogP contribution in [0.25, 0.3) is 0 Å².